The molecule has 0 bridgehead atoms. The molecule has 3 aromatic heterocycles. The van der Waals surface area contributed by atoms with Crippen LogP contribution in [0.4, 0.5) is 5.82 Å². The van der Waals surface area contributed by atoms with Crippen molar-refractivity contribution in [1.29, 1.82) is 0 Å². The maximum Gasteiger partial charge on any atom is 0.254 e. The summed E-state index contributed by atoms with van der Waals surface area (Å²) in [5, 5.41) is 12.7. The van der Waals surface area contributed by atoms with Crippen molar-refractivity contribution in [2.75, 3.05) is 18.4 Å². The highest BCUT2D eigenvalue weighted by Crippen LogP contribution is 2.30. The number of aromatic nitrogens is 4. The van der Waals surface area contributed by atoms with E-state index in [0.29, 0.717) is 25.2 Å². The van der Waals surface area contributed by atoms with Crippen LogP contribution in [0.3, 0.4) is 0 Å². The second-order valence-corrected chi connectivity index (χ2v) is 8.66. The van der Waals surface area contributed by atoms with Crippen LogP contribution in [0.5, 0.6) is 0 Å². The highest BCUT2D eigenvalue weighted by atomic mass is 16.2. The van der Waals surface area contributed by atoms with Crippen LogP contribution in [0.1, 0.15) is 34.0 Å². The first-order chi connectivity index (χ1) is 16.8. The Morgan fingerprint density at radius 1 is 1.00 bits per heavy atom. The zero-order valence-electron chi connectivity index (χ0n) is 18.6. The van der Waals surface area contributed by atoms with E-state index in [-0.39, 0.29) is 11.8 Å². The number of rotatable bonds is 5. The number of hydrogen-bond donors (Lipinski definition) is 2. The van der Waals surface area contributed by atoms with Gasteiger partial charge < -0.3 is 10.2 Å². The van der Waals surface area contributed by atoms with Crippen molar-refractivity contribution in [3.8, 4) is 0 Å². The molecule has 1 amide bonds. The normalized spacial score (nSPS) is 15.8. The van der Waals surface area contributed by atoms with Gasteiger partial charge in [0.1, 0.15) is 0 Å². The molecule has 168 valence electrons. The van der Waals surface area contributed by atoms with Gasteiger partial charge in [-0.2, -0.15) is 5.10 Å². The molecule has 5 aromatic rings. The third-order valence-corrected chi connectivity index (χ3v) is 6.52. The molecule has 1 aliphatic rings. The molecular formula is C27H24N6O. The lowest BCUT2D eigenvalue weighted by Gasteiger charge is -2.17. The second-order valence-electron chi connectivity index (χ2n) is 8.66. The van der Waals surface area contributed by atoms with E-state index in [9.17, 15) is 4.79 Å². The Balaban J connectivity index is 1.18. The largest absolute Gasteiger partial charge is 0.364 e. The molecule has 0 saturated carbocycles. The highest BCUT2D eigenvalue weighted by Gasteiger charge is 2.30. The monoisotopic (exact) mass is 448 g/mol. The Labute approximate surface area is 196 Å². The molecule has 0 aliphatic carbocycles. The van der Waals surface area contributed by atoms with Crippen LogP contribution in [-0.4, -0.2) is 44.1 Å². The molecule has 1 aliphatic heterocycles. The smallest absolute Gasteiger partial charge is 0.254 e. The van der Waals surface area contributed by atoms with Crippen LogP contribution < -0.4 is 5.32 Å². The predicted octanol–water partition coefficient (Wildman–Crippen LogP) is 4.75. The van der Waals surface area contributed by atoms with Crippen LogP contribution in [0.2, 0.25) is 0 Å². The molecule has 4 heterocycles. The number of anilines is 1. The Kier molecular flexibility index (Phi) is 5.14. The summed E-state index contributed by atoms with van der Waals surface area (Å²) in [7, 11) is 0. The molecule has 6 rings (SSSR count). The summed E-state index contributed by atoms with van der Waals surface area (Å²) in [4.78, 5) is 24.4. The van der Waals surface area contributed by atoms with Crippen molar-refractivity contribution in [2.24, 2.45) is 0 Å². The van der Waals surface area contributed by atoms with Crippen LogP contribution >= 0.6 is 0 Å². The molecular weight excluding hydrogens is 424 g/mol. The lowest BCUT2D eigenvalue weighted by atomic mass is 10.0. The van der Waals surface area contributed by atoms with E-state index in [2.05, 4.69) is 44.8 Å². The summed E-state index contributed by atoms with van der Waals surface area (Å²) in [6, 6.07) is 23.9. The molecule has 1 atom stereocenters. The summed E-state index contributed by atoms with van der Waals surface area (Å²) >= 11 is 0. The fraction of sp³-hybridized carbons (Fsp3) is 0.185. The molecule has 0 spiro atoms. The average molecular weight is 449 g/mol. The van der Waals surface area contributed by atoms with E-state index in [4.69, 9.17) is 4.98 Å². The summed E-state index contributed by atoms with van der Waals surface area (Å²) in [5.41, 5.74) is 4.49. The van der Waals surface area contributed by atoms with Crippen molar-refractivity contribution in [3.63, 3.8) is 0 Å². The van der Waals surface area contributed by atoms with E-state index in [1.165, 1.54) is 5.56 Å². The van der Waals surface area contributed by atoms with Crippen LogP contribution in [0, 0.1) is 0 Å². The number of carbonyl (C=O) groups is 1. The van der Waals surface area contributed by atoms with Gasteiger partial charge in [0.05, 0.1) is 10.9 Å². The van der Waals surface area contributed by atoms with Gasteiger partial charge in [0.2, 0.25) is 0 Å². The van der Waals surface area contributed by atoms with Crippen molar-refractivity contribution < 1.29 is 4.79 Å². The Morgan fingerprint density at radius 2 is 1.91 bits per heavy atom. The molecule has 7 heteroatoms. The number of benzene rings is 2. The van der Waals surface area contributed by atoms with Crippen molar-refractivity contribution >= 4 is 33.7 Å². The van der Waals surface area contributed by atoms with Crippen molar-refractivity contribution in [1.82, 2.24) is 25.1 Å². The molecule has 1 fully saturated rings. The van der Waals surface area contributed by atoms with Crippen molar-refractivity contribution in [3.05, 3.63) is 95.8 Å². The van der Waals surface area contributed by atoms with Gasteiger partial charge in [-0.3, -0.25) is 14.9 Å². The first-order valence-electron chi connectivity index (χ1n) is 11.5. The number of nitrogens with one attached hydrogen (secondary N) is 2. The number of pyridine rings is 2. The van der Waals surface area contributed by atoms with Gasteiger partial charge in [0.25, 0.3) is 5.91 Å². The van der Waals surface area contributed by atoms with Crippen LogP contribution in [0.25, 0.3) is 21.9 Å². The Hall–Kier alpha value is -4.26. The number of hydrogen-bond acceptors (Lipinski definition) is 5. The third kappa shape index (κ3) is 3.75. The average Bonchev–Trinajstić information content (AvgIpc) is 3.55. The Morgan fingerprint density at radius 3 is 2.82 bits per heavy atom. The van der Waals surface area contributed by atoms with E-state index in [1.54, 1.807) is 6.20 Å². The minimum absolute atomic E-state index is 0.0520. The highest BCUT2D eigenvalue weighted by molar-refractivity contribution is 6.06. The van der Waals surface area contributed by atoms with Gasteiger partial charge >= 0.3 is 0 Å². The molecule has 34 heavy (non-hydrogen) atoms. The fourth-order valence-corrected chi connectivity index (χ4v) is 4.71. The van der Waals surface area contributed by atoms with Gasteiger partial charge in [-0.05, 0) is 42.3 Å². The summed E-state index contributed by atoms with van der Waals surface area (Å²) in [5.74, 6) is 1.05. The molecule has 1 unspecified atom stereocenters. The van der Waals surface area contributed by atoms with Gasteiger partial charge in [-0.15, -0.1) is 0 Å². The predicted molar refractivity (Wildman–Crippen MR) is 133 cm³/mol. The topological polar surface area (TPSA) is 86.8 Å². The lowest BCUT2D eigenvalue weighted by Crippen LogP contribution is -2.28. The van der Waals surface area contributed by atoms with E-state index in [0.717, 1.165) is 39.9 Å². The van der Waals surface area contributed by atoms with Crippen molar-refractivity contribution in [2.45, 2.75) is 18.9 Å². The van der Waals surface area contributed by atoms with Gasteiger partial charge in [-0.25, -0.2) is 4.98 Å². The quantitative estimate of drug-likeness (QED) is 0.405. The fourth-order valence-electron chi connectivity index (χ4n) is 4.71. The maximum atomic E-state index is 13.3. The van der Waals surface area contributed by atoms with Gasteiger partial charge in [0, 0.05) is 48.4 Å². The number of H-pyrrole nitrogens is 1. The summed E-state index contributed by atoms with van der Waals surface area (Å²) in [6.45, 7) is 2.07. The van der Waals surface area contributed by atoms with E-state index in [1.807, 2.05) is 53.4 Å². The standard InChI is InChI=1S/C27H24N6O/c34-27(21-8-4-10-24-20(21)9-5-14-28-24)33-15-13-19(17-33)23-12-11-22-25(31-32-26(22)30-23)29-16-18-6-2-1-3-7-18/h1-12,14,19H,13,15-17H2,(H2,29,30,31,32). The summed E-state index contributed by atoms with van der Waals surface area (Å²) in [6.07, 6.45) is 2.64. The van der Waals surface area contributed by atoms with E-state index < -0.39 is 0 Å². The Bertz CT molecular complexity index is 1470. The number of carbonyl (C=O) groups excluding carboxylic acids is 1. The SMILES string of the molecule is O=C(c1cccc2ncccc12)N1CCC(c2ccc3c(NCc4ccccc4)n[nH]c3n2)C1. The number of likely N-dealkylation sites (tertiary alicyclic amines) is 1. The zero-order valence-corrected chi connectivity index (χ0v) is 18.6. The van der Waals surface area contributed by atoms with Gasteiger partial charge in [0.15, 0.2) is 11.5 Å². The number of aromatic amines is 1. The molecule has 2 aromatic carbocycles. The zero-order chi connectivity index (χ0) is 22.9. The van der Waals surface area contributed by atoms with Crippen LogP contribution in [-0.2, 0) is 6.54 Å². The summed E-state index contributed by atoms with van der Waals surface area (Å²) < 4.78 is 0. The third-order valence-electron chi connectivity index (χ3n) is 6.52. The first-order valence-corrected chi connectivity index (χ1v) is 11.5. The molecule has 0 radical (unpaired) electrons. The van der Waals surface area contributed by atoms with Crippen LogP contribution in [0.15, 0.2) is 79.0 Å². The second kappa shape index (κ2) is 8.59. The van der Waals surface area contributed by atoms with E-state index >= 15 is 0 Å². The maximum absolute atomic E-state index is 13.3. The first kappa shape index (κ1) is 20.4. The molecule has 1 saturated heterocycles. The lowest BCUT2D eigenvalue weighted by molar-refractivity contribution is 0.0792. The number of nitrogens with zero attached hydrogens (tertiary/aromatic N) is 4. The molecule has 2 N–H and O–H groups in total. The van der Waals surface area contributed by atoms with Gasteiger partial charge in [-0.1, -0.05) is 42.5 Å². The minimum Gasteiger partial charge on any atom is -0.364 e. The number of amides is 1. The minimum atomic E-state index is 0.0520. The molecule has 7 nitrogen and oxygen atoms in total. The number of fused-ring (bicyclic) bond motifs is 2.